The Bertz CT molecular complexity index is 863. The van der Waals surface area contributed by atoms with Gasteiger partial charge in [0.2, 0.25) is 5.91 Å². The van der Waals surface area contributed by atoms with Gasteiger partial charge in [0.1, 0.15) is 5.75 Å². The monoisotopic (exact) mass is 382 g/mol. The van der Waals surface area contributed by atoms with Crippen LogP contribution in [0.5, 0.6) is 5.75 Å². The molecule has 146 valence electrons. The zero-order chi connectivity index (χ0) is 19.9. The number of nitrogens with one attached hydrogen (secondary N) is 1. The Morgan fingerprint density at radius 3 is 2.61 bits per heavy atom. The number of esters is 1. The van der Waals surface area contributed by atoms with Crippen LogP contribution in [0.2, 0.25) is 0 Å². The third-order valence-electron chi connectivity index (χ3n) is 4.44. The molecule has 1 fully saturated rings. The number of rotatable bonds is 7. The molecule has 0 radical (unpaired) electrons. The average molecular weight is 382 g/mol. The van der Waals surface area contributed by atoms with E-state index in [-0.39, 0.29) is 18.4 Å². The topological polar surface area (TPSA) is 84.9 Å². The highest BCUT2D eigenvalue weighted by atomic mass is 16.5. The summed E-state index contributed by atoms with van der Waals surface area (Å²) in [5, 5.41) is 2.76. The smallest absolute Gasteiger partial charge is 0.337 e. The van der Waals surface area contributed by atoms with Gasteiger partial charge in [0, 0.05) is 31.3 Å². The van der Waals surface area contributed by atoms with Crippen LogP contribution in [0.3, 0.4) is 0 Å². The van der Waals surface area contributed by atoms with Crippen molar-refractivity contribution in [2.24, 2.45) is 0 Å². The summed E-state index contributed by atoms with van der Waals surface area (Å²) in [7, 11) is 1.33. The summed E-state index contributed by atoms with van der Waals surface area (Å²) >= 11 is 0. The van der Waals surface area contributed by atoms with E-state index in [1.807, 2.05) is 6.07 Å². The third-order valence-corrected chi connectivity index (χ3v) is 4.44. The van der Waals surface area contributed by atoms with Crippen molar-refractivity contribution in [2.75, 3.05) is 25.2 Å². The molecular formula is C21H22N2O5. The first-order valence-electron chi connectivity index (χ1n) is 9.04. The third kappa shape index (κ3) is 4.88. The highest BCUT2D eigenvalue weighted by molar-refractivity contribution is 5.95. The van der Waals surface area contributed by atoms with Crippen molar-refractivity contribution in [1.29, 1.82) is 0 Å². The lowest BCUT2D eigenvalue weighted by atomic mass is 10.1. The van der Waals surface area contributed by atoms with Gasteiger partial charge in [-0.25, -0.2) is 4.79 Å². The highest BCUT2D eigenvalue weighted by Crippen LogP contribution is 2.25. The molecule has 1 N–H and O–H groups in total. The van der Waals surface area contributed by atoms with Crippen LogP contribution in [0.15, 0.2) is 48.5 Å². The number of ether oxygens (including phenoxy) is 2. The summed E-state index contributed by atoms with van der Waals surface area (Å²) in [6.07, 6.45) is 1.42. The van der Waals surface area contributed by atoms with E-state index in [0.29, 0.717) is 30.8 Å². The maximum Gasteiger partial charge on any atom is 0.337 e. The summed E-state index contributed by atoms with van der Waals surface area (Å²) in [6.45, 7) is 0.904. The minimum absolute atomic E-state index is 0.105. The zero-order valence-electron chi connectivity index (χ0n) is 15.6. The predicted molar refractivity (Wildman–Crippen MR) is 103 cm³/mol. The van der Waals surface area contributed by atoms with E-state index in [4.69, 9.17) is 4.74 Å². The van der Waals surface area contributed by atoms with Gasteiger partial charge in [-0.2, -0.15) is 0 Å². The highest BCUT2D eigenvalue weighted by Gasteiger charge is 2.21. The van der Waals surface area contributed by atoms with E-state index in [0.717, 1.165) is 17.7 Å². The van der Waals surface area contributed by atoms with Gasteiger partial charge in [-0.15, -0.1) is 0 Å². The lowest BCUT2D eigenvalue weighted by Gasteiger charge is -2.16. The average Bonchev–Trinajstić information content (AvgIpc) is 3.16. The number of benzene rings is 2. The minimum Gasteiger partial charge on any atom is -0.484 e. The van der Waals surface area contributed by atoms with Crippen molar-refractivity contribution < 1.29 is 23.9 Å². The van der Waals surface area contributed by atoms with Crippen LogP contribution in [-0.2, 0) is 20.9 Å². The van der Waals surface area contributed by atoms with Gasteiger partial charge in [-0.1, -0.05) is 18.2 Å². The van der Waals surface area contributed by atoms with Gasteiger partial charge in [-0.3, -0.25) is 9.59 Å². The number of nitrogens with zero attached hydrogens (tertiary/aromatic N) is 1. The van der Waals surface area contributed by atoms with Crippen molar-refractivity contribution in [3.8, 4) is 5.75 Å². The van der Waals surface area contributed by atoms with Gasteiger partial charge < -0.3 is 19.7 Å². The molecule has 0 atom stereocenters. The van der Waals surface area contributed by atoms with Crippen molar-refractivity contribution >= 4 is 23.5 Å². The largest absolute Gasteiger partial charge is 0.484 e. The number of anilines is 1. The normalized spacial score (nSPS) is 13.3. The fraction of sp³-hybridized carbons (Fsp3) is 0.286. The molecular weight excluding hydrogens is 360 g/mol. The van der Waals surface area contributed by atoms with E-state index in [1.54, 1.807) is 47.4 Å². The van der Waals surface area contributed by atoms with Crippen molar-refractivity contribution in [3.05, 3.63) is 59.7 Å². The van der Waals surface area contributed by atoms with Gasteiger partial charge in [0.05, 0.1) is 12.7 Å². The van der Waals surface area contributed by atoms with E-state index < -0.39 is 5.97 Å². The first-order chi connectivity index (χ1) is 13.6. The lowest BCUT2D eigenvalue weighted by Crippen LogP contribution is -2.28. The Morgan fingerprint density at radius 1 is 1.14 bits per heavy atom. The Kier molecular flexibility index (Phi) is 6.26. The van der Waals surface area contributed by atoms with Crippen LogP contribution in [-0.4, -0.2) is 38.0 Å². The molecule has 2 aromatic rings. The summed E-state index contributed by atoms with van der Waals surface area (Å²) in [4.78, 5) is 37.0. The Balaban J connectivity index is 1.48. The molecule has 0 aromatic heterocycles. The van der Waals surface area contributed by atoms with Crippen LogP contribution >= 0.6 is 0 Å². The molecule has 2 aromatic carbocycles. The van der Waals surface area contributed by atoms with Crippen molar-refractivity contribution in [3.63, 3.8) is 0 Å². The molecule has 1 heterocycles. The molecule has 1 saturated heterocycles. The number of methoxy groups -OCH3 is 1. The molecule has 1 aliphatic rings. The summed E-state index contributed by atoms with van der Waals surface area (Å²) < 4.78 is 10.2. The van der Waals surface area contributed by atoms with E-state index in [1.165, 1.54) is 7.11 Å². The van der Waals surface area contributed by atoms with Gasteiger partial charge in [0.25, 0.3) is 5.91 Å². The van der Waals surface area contributed by atoms with Crippen LogP contribution in [0.1, 0.15) is 28.8 Å². The predicted octanol–water partition coefficient (Wildman–Crippen LogP) is 2.30. The van der Waals surface area contributed by atoms with Gasteiger partial charge in [-0.05, 0) is 36.2 Å². The van der Waals surface area contributed by atoms with Crippen LogP contribution in [0.25, 0.3) is 0 Å². The molecule has 2 amide bonds. The summed E-state index contributed by atoms with van der Waals surface area (Å²) in [5.74, 6) is -0.0237. The van der Waals surface area contributed by atoms with Gasteiger partial charge in [0.15, 0.2) is 6.61 Å². The SMILES string of the molecule is COC(=O)c1ccc(CNC(=O)COc2cccc(N3CCCC3=O)c2)cc1. The molecule has 0 saturated carbocycles. The first-order valence-corrected chi connectivity index (χ1v) is 9.04. The van der Waals surface area contributed by atoms with Crippen LogP contribution in [0, 0.1) is 0 Å². The fourth-order valence-corrected chi connectivity index (χ4v) is 2.94. The standard InChI is InChI=1S/C21H22N2O5/c1-27-21(26)16-9-7-15(8-10-16)13-22-19(24)14-28-18-5-2-4-17(12-18)23-11-3-6-20(23)25/h2,4-5,7-10,12H,3,6,11,13-14H2,1H3,(H,22,24). The van der Waals surface area contributed by atoms with Crippen LogP contribution < -0.4 is 15.0 Å². The number of hydrogen-bond acceptors (Lipinski definition) is 5. The number of hydrogen-bond donors (Lipinski definition) is 1. The fourth-order valence-electron chi connectivity index (χ4n) is 2.94. The van der Waals surface area contributed by atoms with E-state index in [9.17, 15) is 14.4 Å². The second-order valence-corrected chi connectivity index (χ2v) is 6.40. The van der Waals surface area contributed by atoms with E-state index >= 15 is 0 Å². The molecule has 7 nitrogen and oxygen atoms in total. The number of amides is 2. The van der Waals surface area contributed by atoms with Crippen molar-refractivity contribution in [2.45, 2.75) is 19.4 Å². The Hall–Kier alpha value is -3.35. The first kappa shape index (κ1) is 19.4. The quantitative estimate of drug-likeness (QED) is 0.743. The summed E-state index contributed by atoms with van der Waals surface area (Å²) in [5.41, 5.74) is 2.10. The van der Waals surface area contributed by atoms with Gasteiger partial charge >= 0.3 is 5.97 Å². The van der Waals surface area contributed by atoms with Crippen LogP contribution in [0.4, 0.5) is 5.69 Å². The van der Waals surface area contributed by atoms with E-state index in [2.05, 4.69) is 10.1 Å². The number of carbonyl (C=O) groups excluding carboxylic acids is 3. The Labute approximate surface area is 163 Å². The van der Waals surface area contributed by atoms with Crippen molar-refractivity contribution in [1.82, 2.24) is 5.32 Å². The Morgan fingerprint density at radius 2 is 1.93 bits per heavy atom. The molecule has 0 unspecified atom stereocenters. The molecule has 7 heteroatoms. The number of carbonyl (C=O) groups is 3. The molecule has 3 rings (SSSR count). The molecule has 0 spiro atoms. The second-order valence-electron chi connectivity index (χ2n) is 6.40. The second kappa shape index (κ2) is 9.03. The molecule has 28 heavy (non-hydrogen) atoms. The maximum atomic E-state index is 12.0. The molecule has 0 bridgehead atoms. The molecule has 0 aliphatic carbocycles. The molecule has 1 aliphatic heterocycles. The lowest BCUT2D eigenvalue weighted by molar-refractivity contribution is -0.123. The minimum atomic E-state index is -0.401. The zero-order valence-corrected chi connectivity index (χ0v) is 15.6. The summed E-state index contributed by atoms with van der Waals surface area (Å²) in [6, 6.07) is 14.0. The maximum absolute atomic E-state index is 12.0.